The lowest BCUT2D eigenvalue weighted by Gasteiger charge is -2.38. The van der Waals surface area contributed by atoms with Crippen LogP contribution in [-0.2, 0) is 115 Å². The average Bonchev–Trinajstić information content (AvgIpc) is 1.51. The maximum atomic E-state index is 16.1. The Bertz CT molecular complexity index is 4960. The number of aliphatic hydroxyl groups excluding tert-OH is 1. The molecule has 2 fully saturated rings. The van der Waals surface area contributed by atoms with Crippen LogP contribution in [0.4, 0.5) is 0 Å². The molecule has 1 aromatic heterocycles. The number of carbonyl (C=O) groups is 19. The molecular weight excluding hydrogens is 1720 g/mol. The summed E-state index contributed by atoms with van der Waals surface area (Å²) in [7, 11) is 1.73. The third kappa shape index (κ3) is 34.5. The predicted molar refractivity (Wildman–Crippen MR) is 479 cm³/mol. The molecule has 0 spiro atoms. The van der Waals surface area contributed by atoms with E-state index in [4.69, 9.17) is 49.3 Å². The minimum Gasteiger partial charge on any atom is -0.492 e. The number of likely N-dealkylation sites (N-methyl/N-ethyl adjacent to an activating group) is 1. The van der Waals surface area contributed by atoms with Gasteiger partial charge < -0.3 is 107 Å². The monoisotopic (exact) mass is 1840 g/mol. The minimum atomic E-state index is -1.94. The van der Waals surface area contributed by atoms with Gasteiger partial charge in [-0.25, -0.2) is 0 Å². The zero-order valence-electron chi connectivity index (χ0n) is 73.6. The molecule has 4 aromatic carbocycles. The van der Waals surface area contributed by atoms with Crippen LogP contribution in [0.5, 0.6) is 5.75 Å². The molecule has 7 rings (SSSR count). The van der Waals surface area contributed by atoms with Crippen LogP contribution >= 0.6 is 11.8 Å². The van der Waals surface area contributed by atoms with Crippen molar-refractivity contribution in [2.24, 2.45) is 64.0 Å². The van der Waals surface area contributed by atoms with Gasteiger partial charge in [0.05, 0.1) is 54.4 Å². The van der Waals surface area contributed by atoms with Gasteiger partial charge >= 0.3 is 5.97 Å². The molecule has 0 radical (unpaired) electrons. The first-order chi connectivity index (χ1) is 62.2. The molecule has 13 unspecified atom stereocenters. The molecule has 2 saturated heterocycles. The number of H-pyrrole nitrogens is 1. The van der Waals surface area contributed by atoms with Crippen LogP contribution in [0.2, 0.25) is 0 Å². The quantitative estimate of drug-likeness (QED) is 0.0133. The molecule has 41 heteroatoms. The molecule has 2 aliphatic rings. The molecule has 25 N–H and O–H groups in total. The SMILES string of the molecule is CNCCOc1ccc(CC(NC(=O)C2CSCCC(NC(=O)C(CCCCC(=N)N)NC(C)=O)C(=O)CC(CCC(N)=O)C(=O)NC(C(C)O)C(=O)NC(Cc3c[nH]c4ccccc34)C(=O)NC(CCC(N)=O)C(=O)C2)C(=O)CC(Cc2ccc3ccccc3c2)C(=O)NC2(C(=O)CC(CCC(=O)O)C(=O)NC(CC(N)=O)C(=O)CC(CC(N)=O)C(N)=O)CCOCC2)cc1. The van der Waals surface area contributed by atoms with E-state index in [-0.39, 0.29) is 94.9 Å². The molecular formula is C90H121N17O23S. The zero-order chi connectivity index (χ0) is 96.2. The van der Waals surface area contributed by atoms with E-state index in [1.54, 1.807) is 92.1 Å². The van der Waals surface area contributed by atoms with Crippen molar-refractivity contribution in [1.82, 2.24) is 52.8 Å². The normalized spacial score (nSPS) is 19.3. The summed E-state index contributed by atoms with van der Waals surface area (Å²) in [5.74, 6) is -26.6. The number of ketones is 5. The number of hydrogen-bond acceptors (Lipinski definition) is 25. The number of fused-ring (bicyclic) bond motifs is 2. The number of carbonyl (C=O) groups excluding carboxylic acids is 18. The molecule has 710 valence electrons. The lowest BCUT2D eigenvalue weighted by Crippen LogP contribution is -2.59. The molecule has 131 heavy (non-hydrogen) atoms. The predicted octanol–water partition coefficient (Wildman–Crippen LogP) is -0.451. The molecule has 13 atom stereocenters. The number of aliphatic hydroxyl groups is 1. The van der Waals surface area contributed by atoms with Crippen molar-refractivity contribution in [2.75, 3.05) is 44.9 Å². The summed E-state index contributed by atoms with van der Waals surface area (Å²) >= 11 is 0.961. The van der Waals surface area contributed by atoms with Gasteiger partial charge in [-0.3, -0.25) is 96.5 Å². The number of carboxylic acid groups (broad SMARTS) is 1. The highest BCUT2D eigenvalue weighted by molar-refractivity contribution is 7.99. The van der Waals surface area contributed by atoms with E-state index in [2.05, 4.69) is 52.8 Å². The number of hydrogen-bond donors (Lipinski definition) is 19. The number of aromatic nitrogens is 1. The number of amidine groups is 1. The van der Waals surface area contributed by atoms with E-state index in [1.807, 2.05) is 12.1 Å². The van der Waals surface area contributed by atoms with E-state index >= 15 is 33.6 Å². The number of aliphatic carboxylic acids is 1. The Hall–Kier alpha value is -12.9. The highest BCUT2D eigenvalue weighted by Crippen LogP contribution is 2.32. The van der Waals surface area contributed by atoms with Gasteiger partial charge in [0.25, 0.3) is 0 Å². The molecule has 0 saturated carbocycles. The molecule has 2 aliphatic heterocycles. The van der Waals surface area contributed by atoms with Crippen LogP contribution in [0, 0.1) is 35.0 Å². The number of rotatable bonds is 48. The largest absolute Gasteiger partial charge is 0.492 e. The van der Waals surface area contributed by atoms with Gasteiger partial charge in [-0.05, 0) is 117 Å². The van der Waals surface area contributed by atoms with Crippen LogP contribution in [-0.4, -0.2) is 232 Å². The molecule has 40 nitrogen and oxygen atoms in total. The van der Waals surface area contributed by atoms with Crippen molar-refractivity contribution in [1.29, 1.82) is 5.41 Å². The van der Waals surface area contributed by atoms with Gasteiger partial charge in [0.1, 0.15) is 36.0 Å². The Kier molecular flexibility index (Phi) is 41.8. The van der Waals surface area contributed by atoms with E-state index in [0.29, 0.717) is 51.7 Å². The second kappa shape index (κ2) is 52.1. The van der Waals surface area contributed by atoms with Gasteiger partial charge in [0.2, 0.25) is 76.8 Å². The smallest absolute Gasteiger partial charge is 0.303 e. The molecule has 0 bridgehead atoms. The Morgan fingerprint density at radius 1 is 0.618 bits per heavy atom. The fraction of sp³-hybridized carbons (Fsp3) is 0.511. The van der Waals surface area contributed by atoms with Crippen LogP contribution in [0.1, 0.15) is 159 Å². The fourth-order valence-electron chi connectivity index (χ4n) is 15.6. The van der Waals surface area contributed by atoms with E-state index in [1.165, 1.54) is 0 Å². The number of unbranched alkanes of at least 4 members (excludes halogenated alkanes) is 1. The summed E-state index contributed by atoms with van der Waals surface area (Å²) in [6, 6.07) is 14.3. The van der Waals surface area contributed by atoms with E-state index < -0.39 is 279 Å². The third-order valence-electron chi connectivity index (χ3n) is 23.0. The second-order valence-electron chi connectivity index (χ2n) is 33.3. The number of amides is 13. The summed E-state index contributed by atoms with van der Waals surface area (Å²) in [6.07, 6.45) is -9.98. The standard InChI is InChI=1S/C90H121N17O23S/c1-49(108)81-89(128)105-69(39-59-47-99-63-13-7-6-12-62(59)63)88(127)101-64(24-26-77(94)116)71(111)43-60(48-131-35-28-65(70(110)40-55(84(123)106-81)20-25-76(93)115)102-87(126)66(100-50(2)109)14-8-9-15-75(91)92)85(124)103-67(38-51-17-22-61(23-18-51)130-34-31-98-3)73(113)42-58(37-52-16-19-53-10-4-5-11-54(53)36-52)86(125)107-90(29-32-129-33-30-90)74(114)44-56(21-27-80(119)120)83(122)104-68(46-79(96)118)72(112)41-57(82(97)121)45-78(95)117/h4-7,10-13,16-19,22-23,36,47,49,55-58,60,64-69,81,98-99,108H,8-9,14-15,20-21,24-35,37-46,48H2,1-3H3,(H3,91,92)(H2,93,115)(H2,94,116)(H2,95,117)(H2,96,118)(H2,97,121)(H,100,109)(H,101,127)(H,102,126)(H,103,124)(H,104,122)(H,105,128)(H,106,123)(H,107,125)(H,119,120). The Balaban J connectivity index is 1.34. The van der Waals surface area contributed by atoms with Crippen molar-refractivity contribution in [3.8, 4) is 5.75 Å². The van der Waals surface area contributed by atoms with Gasteiger partial charge in [0, 0.05) is 151 Å². The number of aromatic amines is 1. The van der Waals surface area contributed by atoms with E-state index in [0.717, 1.165) is 31.0 Å². The molecule has 3 heterocycles. The maximum absolute atomic E-state index is 16.1. The third-order valence-corrected chi connectivity index (χ3v) is 24.1. The number of nitrogens with two attached hydrogens (primary N) is 6. The first-order valence-electron chi connectivity index (χ1n) is 43.5. The number of para-hydroxylation sites is 1. The van der Waals surface area contributed by atoms with Crippen molar-refractivity contribution in [3.63, 3.8) is 0 Å². The Morgan fingerprint density at radius 3 is 1.92 bits per heavy atom. The van der Waals surface area contributed by atoms with Crippen LogP contribution in [0.15, 0.2) is 97.2 Å². The first kappa shape index (κ1) is 105. The summed E-state index contributed by atoms with van der Waals surface area (Å²) in [4.78, 5) is 271. The molecule has 5 aromatic rings. The first-order valence-corrected chi connectivity index (χ1v) is 44.6. The van der Waals surface area contributed by atoms with Crippen molar-refractivity contribution >= 4 is 151 Å². The van der Waals surface area contributed by atoms with Gasteiger partial charge in [0.15, 0.2) is 28.9 Å². The van der Waals surface area contributed by atoms with Crippen molar-refractivity contribution in [3.05, 3.63) is 114 Å². The number of Topliss-reactive ketones (excluding diaryl/α,β-unsaturated/α-hetero) is 5. The number of ether oxygens (including phenoxy) is 2. The number of carboxylic acids is 1. The summed E-state index contributed by atoms with van der Waals surface area (Å²) in [5, 5.41) is 55.2. The Morgan fingerprint density at radius 2 is 1.27 bits per heavy atom. The number of thioether (sulfide) groups is 1. The van der Waals surface area contributed by atoms with Crippen LogP contribution < -0.4 is 87.0 Å². The number of nitrogens with one attached hydrogen (secondary N) is 11. The lowest BCUT2D eigenvalue weighted by molar-refractivity contribution is -0.142. The average molecular weight is 1840 g/mol. The fourth-order valence-corrected chi connectivity index (χ4v) is 16.8. The van der Waals surface area contributed by atoms with Gasteiger partial charge in [-0.2, -0.15) is 11.8 Å². The Labute approximate surface area is 760 Å². The minimum absolute atomic E-state index is 0.0149. The highest BCUT2D eigenvalue weighted by Gasteiger charge is 2.46. The molecule has 13 amide bonds. The summed E-state index contributed by atoms with van der Waals surface area (Å²) in [6.45, 7) is 2.66. The number of primary amides is 5. The zero-order valence-corrected chi connectivity index (χ0v) is 74.4. The van der Waals surface area contributed by atoms with E-state index in [9.17, 15) is 67.7 Å². The summed E-state index contributed by atoms with van der Waals surface area (Å²) < 4.78 is 11.6. The summed E-state index contributed by atoms with van der Waals surface area (Å²) in [5.41, 5.74) is 33.2. The highest BCUT2D eigenvalue weighted by atomic mass is 32.2. The van der Waals surface area contributed by atoms with Crippen LogP contribution in [0.3, 0.4) is 0 Å². The molecule has 0 aliphatic carbocycles. The lowest BCUT2D eigenvalue weighted by atomic mass is 9.79. The van der Waals surface area contributed by atoms with Crippen molar-refractivity contribution < 1.29 is 111 Å². The van der Waals surface area contributed by atoms with Crippen LogP contribution in [0.25, 0.3) is 21.7 Å². The topological polar surface area (TPSA) is 687 Å². The maximum Gasteiger partial charge on any atom is 0.303 e. The van der Waals surface area contributed by atoms with Crippen molar-refractivity contribution in [2.45, 2.75) is 215 Å². The second-order valence-corrected chi connectivity index (χ2v) is 34.5. The van der Waals surface area contributed by atoms with Gasteiger partial charge in [-0.1, -0.05) is 79.2 Å². The number of benzene rings is 4. The van der Waals surface area contributed by atoms with Gasteiger partial charge in [-0.15, -0.1) is 0 Å².